The molecule has 0 saturated heterocycles. The van der Waals surface area contributed by atoms with E-state index in [9.17, 15) is 0 Å². The summed E-state index contributed by atoms with van der Waals surface area (Å²) in [4.78, 5) is 13.7. The highest BCUT2D eigenvalue weighted by Gasteiger charge is 2.12. The number of benzene rings is 1. The standard InChI is InChI=1S/C15H14IN3S/c1-9(2)20-13-4-3-7-17-14(13)15-18-11-6-5-10(16)8-12(11)19-15/h3-9H,1-2H3,(H,18,19). The van der Waals surface area contributed by atoms with Crippen molar-refractivity contribution in [3.05, 3.63) is 40.1 Å². The molecule has 0 fully saturated rings. The van der Waals surface area contributed by atoms with Crippen LogP contribution in [-0.2, 0) is 0 Å². The number of rotatable bonds is 3. The topological polar surface area (TPSA) is 41.6 Å². The summed E-state index contributed by atoms with van der Waals surface area (Å²) >= 11 is 4.12. The fourth-order valence-corrected chi connectivity index (χ4v) is 3.43. The predicted octanol–water partition coefficient (Wildman–Crippen LogP) is 4.73. The van der Waals surface area contributed by atoms with E-state index in [2.05, 4.69) is 69.6 Å². The van der Waals surface area contributed by atoms with Crippen LogP contribution in [0, 0.1) is 3.57 Å². The molecule has 20 heavy (non-hydrogen) atoms. The smallest absolute Gasteiger partial charge is 0.158 e. The first kappa shape index (κ1) is 13.9. The Morgan fingerprint density at radius 3 is 2.90 bits per heavy atom. The molecule has 0 aliphatic carbocycles. The number of hydrogen-bond donors (Lipinski definition) is 1. The highest BCUT2D eigenvalue weighted by Crippen LogP contribution is 2.31. The van der Waals surface area contributed by atoms with Gasteiger partial charge in [0.2, 0.25) is 0 Å². The quantitative estimate of drug-likeness (QED) is 0.515. The molecule has 3 rings (SSSR count). The molecule has 0 radical (unpaired) electrons. The largest absolute Gasteiger partial charge is 0.337 e. The van der Waals surface area contributed by atoms with Gasteiger partial charge in [-0.2, -0.15) is 0 Å². The van der Waals surface area contributed by atoms with Crippen molar-refractivity contribution in [2.24, 2.45) is 0 Å². The molecule has 0 aliphatic heterocycles. The van der Waals surface area contributed by atoms with Crippen LogP contribution in [0.3, 0.4) is 0 Å². The van der Waals surface area contributed by atoms with E-state index in [0.717, 1.165) is 27.4 Å². The van der Waals surface area contributed by atoms with E-state index >= 15 is 0 Å². The minimum atomic E-state index is 0.517. The van der Waals surface area contributed by atoms with E-state index in [-0.39, 0.29) is 0 Å². The number of hydrogen-bond acceptors (Lipinski definition) is 3. The normalized spacial score (nSPS) is 11.4. The molecule has 0 atom stereocenters. The van der Waals surface area contributed by atoms with Gasteiger partial charge in [0, 0.05) is 19.9 Å². The van der Waals surface area contributed by atoms with E-state index in [1.807, 2.05) is 30.1 Å². The van der Waals surface area contributed by atoms with Crippen molar-refractivity contribution >= 4 is 45.4 Å². The van der Waals surface area contributed by atoms with E-state index in [0.29, 0.717) is 5.25 Å². The molecule has 0 spiro atoms. The van der Waals surface area contributed by atoms with Crippen LogP contribution in [0.15, 0.2) is 41.4 Å². The van der Waals surface area contributed by atoms with Crippen LogP contribution in [0.5, 0.6) is 0 Å². The molecular weight excluding hydrogens is 381 g/mol. The molecule has 5 heteroatoms. The molecular formula is C15H14IN3S. The highest BCUT2D eigenvalue weighted by molar-refractivity contribution is 14.1. The van der Waals surface area contributed by atoms with Crippen LogP contribution in [0.1, 0.15) is 13.8 Å². The van der Waals surface area contributed by atoms with Crippen LogP contribution in [0.2, 0.25) is 0 Å². The van der Waals surface area contributed by atoms with Gasteiger partial charge in [-0.15, -0.1) is 11.8 Å². The lowest BCUT2D eigenvalue weighted by Gasteiger charge is -2.07. The summed E-state index contributed by atoms with van der Waals surface area (Å²) in [6.07, 6.45) is 1.82. The van der Waals surface area contributed by atoms with Crippen LogP contribution in [0.4, 0.5) is 0 Å². The first-order valence-electron chi connectivity index (χ1n) is 6.41. The number of aromatic amines is 1. The fraction of sp³-hybridized carbons (Fsp3) is 0.200. The first-order valence-corrected chi connectivity index (χ1v) is 8.36. The second-order valence-electron chi connectivity index (χ2n) is 4.76. The Morgan fingerprint density at radius 2 is 2.10 bits per heavy atom. The highest BCUT2D eigenvalue weighted by atomic mass is 127. The predicted molar refractivity (Wildman–Crippen MR) is 93.0 cm³/mol. The van der Waals surface area contributed by atoms with Gasteiger partial charge in [0.15, 0.2) is 5.82 Å². The van der Waals surface area contributed by atoms with Crippen LogP contribution in [0.25, 0.3) is 22.6 Å². The zero-order valence-electron chi connectivity index (χ0n) is 11.2. The summed E-state index contributed by atoms with van der Waals surface area (Å²) in [5, 5.41) is 0.517. The Hall–Kier alpha value is -1.08. The van der Waals surface area contributed by atoms with Crippen molar-refractivity contribution in [2.45, 2.75) is 24.0 Å². The van der Waals surface area contributed by atoms with Gasteiger partial charge in [-0.05, 0) is 52.9 Å². The average Bonchev–Trinajstić information content (AvgIpc) is 2.81. The first-order chi connectivity index (χ1) is 9.63. The molecule has 0 bridgehead atoms. The van der Waals surface area contributed by atoms with Crippen LogP contribution in [-0.4, -0.2) is 20.2 Å². The molecule has 0 amide bonds. The Morgan fingerprint density at radius 1 is 1.25 bits per heavy atom. The SMILES string of the molecule is CC(C)Sc1cccnc1-c1nc2ccc(I)cc2[nH]1. The maximum absolute atomic E-state index is 4.66. The van der Waals surface area contributed by atoms with Gasteiger partial charge in [0.25, 0.3) is 0 Å². The summed E-state index contributed by atoms with van der Waals surface area (Å²) in [6, 6.07) is 10.3. The minimum absolute atomic E-state index is 0.517. The number of nitrogens with one attached hydrogen (secondary N) is 1. The van der Waals surface area contributed by atoms with E-state index in [4.69, 9.17) is 0 Å². The van der Waals surface area contributed by atoms with E-state index in [1.54, 1.807) is 0 Å². The van der Waals surface area contributed by atoms with Gasteiger partial charge in [-0.1, -0.05) is 13.8 Å². The number of aromatic nitrogens is 3. The second kappa shape index (κ2) is 5.73. The third-order valence-corrected chi connectivity index (χ3v) is 4.53. The Bertz CT molecular complexity index is 752. The number of pyridine rings is 1. The summed E-state index contributed by atoms with van der Waals surface area (Å²) in [7, 11) is 0. The number of fused-ring (bicyclic) bond motifs is 1. The van der Waals surface area contributed by atoms with E-state index in [1.165, 1.54) is 3.57 Å². The molecule has 3 nitrogen and oxygen atoms in total. The number of H-pyrrole nitrogens is 1. The summed E-state index contributed by atoms with van der Waals surface area (Å²) < 4.78 is 1.20. The average molecular weight is 395 g/mol. The zero-order chi connectivity index (χ0) is 14.1. The van der Waals surface area contributed by atoms with Gasteiger partial charge in [0.1, 0.15) is 5.69 Å². The Balaban J connectivity index is 2.10. The van der Waals surface area contributed by atoms with Crippen molar-refractivity contribution in [3.8, 4) is 11.5 Å². The van der Waals surface area contributed by atoms with Gasteiger partial charge < -0.3 is 4.98 Å². The molecule has 1 N–H and O–H groups in total. The van der Waals surface area contributed by atoms with Gasteiger partial charge in [-0.3, -0.25) is 4.98 Å². The lowest BCUT2D eigenvalue weighted by atomic mass is 10.3. The number of nitrogens with zero attached hydrogens (tertiary/aromatic N) is 2. The lowest BCUT2D eigenvalue weighted by Crippen LogP contribution is -1.92. The maximum Gasteiger partial charge on any atom is 0.158 e. The monoisotopic (exact) mass is 395 g/mol. The third kappa shape index (κ3) is 2.83. The molecule has 2 aromatic heterocycles. The molecule has 0 aliphatic rings. The van der Waals surface area contributed by atoms with Gasteiger partial charge >= 0.3 is 0 Å². The van der Waals surface area contributed by atoms with Gasteiger partial charge in [0.05, 0.1) is 11.0 Å². The number of thioether (sulfide) groups is 1. The van der Waals surface area contributed by atoms with Gasteiger partial charge in [-0.25, -0.2) is 4.98 Å². The Labute approximate surface area is 135 Å². The number of imidazole rings is 1. The summed E-state index contributed by atoms with van der Waals surface area (Å²) in [5.41, 5.74) is 2.96. The summed E-state index contributed by atoms with van der Waals surface area (Å²) in [6.45, 7) is 4.37. The van der Waals surface area contributed by atoms with Crippen LogP contribution >= 0.6 is 34.4 Å². The lowest BCUT2D eigenvalue weighted by molar-refractivity contribution is 1.10. The second-order valence-corrected chi connectivity index (χ2v) is 7.63. The Kier molecular flexibility index (Phi) is 3.98. The maximum atomic E-state index is 4.66. The van der Waals surface area contributed by atoms with Crippen molar-refractivity contribution in [3.63, 3.8) is 0 Å². The molecule has 3 aromatic rings. The molecule has 102 valence electrons. The van der Waals surface area contributed by atoms with Crippen molar-refractivity contribution in [1.29, 1.82) is 0 Å². The summed E-state index contributed by atoms with van der Waals surface area (Å²) in [5.74, 6) is 0.839. The molecule has 0 unspecified atom stereocenters. The van der Waals surface area contributed by atoms with Crippen LogP contribution < -0.4 is 0 Å². The molecule has 1 aromatic carbocycles. The molecule has 0 saturated carbocycles. The van der Waals surface area contributed by atoms with Crippen molar-refractivity contribution in [1.82, 2.24) is 15.0 Å². The van der Waals surface area contributed by atoms with Crippen molar-refractivity contribution in [2.75, 3.05) is 0 Å². The van der Waals surface area contributed by atoms with E-state index < -0.39 is 0 Å². The number of halogens is 1. The zero-order valence-corrected chi connectivity index (χ0v) is 14.2. The van der Waals surface area contributed by atoms with Crippen molar-refractivity contribution < 1.29 is 0 Å². The molecule has 2 heterocycles. The third-order valence-electron chi connectivity index (χ3n) is 2.80. The fourth-order valence-electron chi connectivity index (χ4n) is 2.01. The minimum Gasteiger partial charge on any atom is -0.337 e.